The summed E-state index contributed by atoms with van der Waals surface area (Å²) in [4.78, 5) is 12.6. The SMILES string of the molecule is C=C1C(=O)c2ccccc2OC1c1cccc2ccccc12. The molecule has 106 valence electrons. The minimum absolute atomic E-state index is 0.0419. The van der Waals surface area contributed by atoms with Crippen LogP contribution in [0, 0.1) is 0 Å². The first-order valence-electron chi connectivity index (χ1n) is 7.22. The van der Waals surface area contributed by atoms with Crippen molar-refractivity contribution in [1.82, 2.24) is 0 Å². The lowest BCUT2D eigenvalue weighted by molar-refractivity contribution is 0.0963. The van der Waals surface area contributed by atoms with Crippen LogP contribution in [0.25, 0.3) is 10.8 Å². The molecule has 2 nitrogen and oxygen atoms in total. The molecule has 0 saturated heterocycles. The van der Waals surface area contributed by atoms with Gasteiger partial charge in [0.25, 0.3) is 0 Å². The highest BCUT2D eigenvalue weighted by molar-refractivity contribution is 6.12. The zero-order chi connectivity index (χ0) is 15.1. The summed E-state index contributed by atoms with van der Waals surface area (Å²) in [6.45, 7) is 3.98. The van der Waals surface area contributed by atoms with E-state index in [2.05, 4.69) is 18.7 Å². The van der Waals surface area contributed by atoms with E-state index in [1.807, 2.05) is 48.5 Å². The molecule has 0 saturated carbocycles. The normalized spacial score (nSPS) is 17.2. The van der Waals surface area contributed by atoms with Crippen LogP contribution in [-0.4, -0.2) is 5.78 Å². The Morgan fingerprint density at radius 1 is 0.864 bits per heavy atom. The van der Waals surface area contributed by atoms with Gasteiger partial charge in [-0.05, 0) is 22.9 Å². The monoisotopic (exact) mass is 286 g/mol. The molecule has 1 aliphatic heterocycles. The summed E-state index contributed by atoms with van der Waals surface area (Å²) in [7, 11) is 0. The highest BCUT2D eigenvalue weighted by Gasteiger charge is 2.31. The van der Waals surface area contributed by atoms with E-state index in [9.17, 15) is 4.79 Å². The summed E-state index contributed by atoms with van der Waals surface area (Å²) < 4.78 is 6.09. The summed E-state index contributed by atoms with van der Waals surface area (Å²) in [5, 5.41) is 2.21. The topological polar surface area (TPSA) is 26.3 Å². The van der Waals surface area contributed by atoms with E-state index in [4.69, 9.17) is 4.74 Å². The third-order valence-electron chi connectivity index (χ3n) is 4.09. The number of rotatable bonds is 1. The molecule has 0 amide bonds. The Morgan fingerprint density at radius 2 is 1.59 bits per heavy atom. The molecule has 0 spiro atoms. The van der Waals surface area contributed by atoms with Crippen LogP contribution in [0.2, 0.25) is 0 Å². The molecular weight excluding hydrogens is 272 g/mol. The molecule has 3 aromatic carbocycles. The third kappa shape index (κ3) is 1.85. The fourth-order valence-electron chi connectivity index (χ4n) is 2.98. The van der Waals surface area contributed by atoms with Crippen LogP contribution in [0.1, 0.15) is 22.0 Å². The molecule has 0 aliphatic carbocycles. The Labute approximate surface area is 128 Å². The first-order chi connectivity index (χ1) is 10.8. The molecule has 0 radical (unpaired) electrons. The maximum absolute atomic E-state index is 12.6. The van der Waals surface area contributed by atoms with Crippen molar-refractivity contribution in [3.63, 3.8) is 0 Å². The number of carbonyl (C=O) groups excluding carboxylic acids is 1. The van der Waals surface area contributed by atoms with Gasteiger partial charge in [-0.15, -0.1) is 0 Å². The standard InChI is InChI=1S/C20H14O2/c1-13-19(21)17-10-4-5-12-18(17)22-20(13)16-11-6-8-14-7-2-3-9-15(14)16/h2-12,20H,1H2. The van der Waals surface area contributed by atoms with Crippen molar-refractivity contribution in [2.45, 2.75) is 6.10 Å². The van der Waals surface area contributed by atoms with Crippen molar-refractivity contribution in [3.8, 4) is 5.75 Å². The zero-order valence-corrected chi connectivity index (χ0v) is 12.0. The van der Waals surface area contributed by atoms with Crippen molar-refractivity contribution >= 4 is 16.6 Å². The predicted octanol–water partition coefficient (Wildman–Crippen LogP) is 4.71. The maximum Gasteiger partial charge on any atom is 0.196 e. The number of carbonyl (C=O) groups is 1. The Balaban J connectivity index is 1.90. The maximum atomic E-state index is 12.6. The van der Waals surface area contributed by atoms with E-state index >= 15 is 0 Å². The van der Waals surface area contributed by atoms with Crippen molar-refractivity contribution in [3.05, 3.63) is 90.0 Å². The van der Waals surface area contributed by atoms with Gasteiger partial charge >= 0.3 is 0 Å². The Bertz CT molecular complexity index is 903. The number of para-hydroxylation sites is 1. The summed E-state index contributed by atoms with van der Waals surface area (Å²) in [6, 6.07) is 21.5. The summed E-state index contributed by atoms with van der Waals surface area (Å²) in [5.74, 6) is 0.581. The van der Waals surface area contributed by atoms with Gasteiger partial charge in [0.05, 0.1) is 5.56 Å². The second-order valence-electron chi connectivity index (χ2n) is 5.42. The average Bonchev–Trinajstić information content (AvgIpc) is 2.58. The third-order valence-corrected chi connectivity index (χ3v) is 4.09. The highest BCUT2D eigenvalue weighted by Crippen LogP contribution is 2.39. The first-order valence-corrected chi connectivity index (χ1v) is 7.22. The van der Waals surface area contributed by atoms with E-state index in [-0.39, 0.29) is 5.78 Å². The molecule has 0 N–H and O–H groups in total. The number of benzene rings is 3. The predicted molar refractivity (Wildman–Crippen MR) is 87.2 cm³/mol. The number of Topliss-reactive ketones (excluding diaryl/α,β-unsaturated/α-hetero) is 1. The molecule has 1 heterocycles. The van der Waals surface area contributed by atoms with Crippen molar-refractivity contribution in [2.24, 2.45) is 0 Å². The number of hydrogen-bond acceptors (Lipinski definition) is 2. The molecule has 4 rings (SSSR count). The minimum atomic E-state index is -0.437. The number of fused-ring (bicyclic) bond motifs is 2. The molecule has 0 aromatic heterocycles. The summed E-state index contributed by atoms with van der Waals surface area (Å²) in [6.07, 6.45) is -0.437. The smallest absolute Gasteiger partial charge is 0.196 e. The second-order valence-corrected chi connectivity index (χ2v) is 5.42. The Morgan fingerprint density at radius 3 is 2.50 bits per heavy atom. The van der Waals surface area contributed by atoms with Crippen LogP contribution >= 0.6 is 0 Å². The van der Waals surface area contributed by atoms with Crippen LogP contribution < -0.4 is 4.74 Å². The molecular formula is C20H14O2. The van der Waals surface area contributed by atoms with Gasteiger partial charge in [0.1, 0.15) is 5.75 Å². The van der Waals surface area contributed by atoms with Crippen molar-refractivity contribution < 1.29 is 9.53 Å². The summed E-state index contributed by atoms with van der Waals surface area (Å²) in [5.41, 5.74) is 2.05. The average molecular weight is 286 g/mol. The molecule has 22 heavy (non-hydrogen) atoms. The fourth-order valence-corrected chi connectivity index (χ4v) is 2.98. The van der Waals surface area contributed by atoms with Gasteiger partial charge in [0, 0.05) is 11.1 Å². The zero-order valence-electron chi connectivity index (χ0n) is 12.0. The lowest BCUT2D eigenvalue weighted by atomic mass is 9.90. The van der Waals surface area contributed by atoms with Crippen LogP contribution in [0.4, 0.5) is 0 Å². The lowest BCUT2D eigenvalue weighted by Crippen LogP contribution is -2.23. The first kappa shape index (κ1) is 12.8. The molecule has 1 aliphatic rings. The van der Waals surface area contributed by atoms with Crippen molar-refractivity contribution in [1.29, 1.82) is 0 Å². The number of ether oxygens (including phenoxy) is 1. The molecule has 2 heteroatoms. The van der Waals surface area contributed by atoms with Gasteiger partial charge in [0.2, 0.25) is 0 Å². The fraction of sp³-hybridized carbons (Fsp3) is 0.0500. The van der Waals surface area contributed by atoms with E-state index < -0.39 is 6.10 Å². The van der Waals surface area contributed by atoms with Gasteiger partial charge in [0.15, 0.2) is 11.9 Å². The Kier molecular flexibility index (Phi) is 2.83. The van der Waals surface area contributed by atoms with Gasteiger partial charge in [-0.1, -0.05) is 61.2 Å². The van der Waals surface area contributed by atoms with E-state index in [0.29, 0.717) is 16.9 Å². The number of ketones is 1. The largest absolute Gasteiger partial charge is 0.480 e. The van der Waals surface area contributed by atoms with Crippen LogP contribution in [0.3, 0.4) is 0 Å². The van der Waals surface area contributed by atoms with Crippen LogP contribution in [0.5, 0.6) is 5.75 Å². The lowest BCUT2D eigenvalue weighted by Gasteiger charge is -2.28. The number of hydrogen-bond donors (Lipinski definition) is 0. The Hall–Kier alpha value is -2.87. The quantitative estimate of drug-likeness (QED) is 0.605. The van der Waals surface area contributed by atoms with Gasteiger partial charge in [-0.2, -0.15) is 0 Å². The van der Waals surface area contributed by atoms with E-state index in [1.54, 1.807) is 6.07 Å². The molecule has 0 bridgehead atoms. The van der Waals surface area contributed by atoms with Crippen molar-refractivity contribution in [2.75, 3.05) is 0 Å². The van der Waals surface area contributed by atoms with Crippen LogP contribution in [-0.2, 0) is 0 Å². The van der Waals surface area contributed by atoms with Gasteiger partial charge in [-0.3, -0.25) is 4.79 Å². The minimum Gasteiger partial charge on any atom is -0.480 e. The van der Waals surface area contributed by atoms with Gasteiger partial charge in [-0.25, -0.2) is 0 Å². The summed E-state index contributed by atoms with van der Waals surface area (Å²) >= 11 is 0. The van der Waals surface area contributed by atoms with E-state index in [0.717, 1.165) is 16.3 Å². The van der Waals surface area contributed by atoms with Gasteiger partial charge < -0.3 is 4.74 Å². The molecule has 1 atom stereocenters. The second kappa shape index (κ2) is 4.85. The highest BCUT2D eigenvalue weighted by atomic mass is 16.5. The van der Waals surface area contributed by atoms with Crippen LogP contribution in [0.15, 0.2) is 78.9 Å². The molecule has 1 unspecified atom stereocenters. The molecule has 0 fully saturated rings. The van der Waals surface area contributed by atoms with E-state index in [1.165, 1.54) is 0 Å². The molecule has 3 aromatic rings.